The molecule has 0 aliphatic heterocycles. The summed E-state index contributed by atoms with van der Waals surface area (Å²) in [4.78, 5) is 14.3. The molecule has 2 heterocycles. The maximum absolute atomic E-state index is 12.8. The zero-order valence-corrected chi connectivity index (χ0v) is 18.4. The van der Waals surface area contributed by atoms with Crippen LogP contribution in [0.4, 0.5) is 5.69 Å². The predicted octanol–water partition coefficient (Wildman–Crippen LogP) is 6.55. The number of anilines is 1. The highest BCUT2D eigenvalue weighted by atomic mass is 35.5. The maximum Gasteiger partial charge on any atom is 0.291 e. The normalized spacial score (nSPS) is 11.1. The summed E-state index contributed by atoms with van der Waals surface area (Å²) >= 11 is 11.9. The van der Waals surface area contributed by atoms with Crippen molar-refractivity contribution < 1.29 is 9.21 Å². The number of aryl methyl sites for hydroxylation is 1. The first-order valence-corrected chi connectivity index (χ1v) is 10.5. The molecule has 8 heteroatoms. The van der Waals surface area contributed by atoms with Crippen LogP contribution >= 0.6 is 23.2 Å². The number of rotatable bonds is 4. The molecule has 6 nitrogen and oxygen atoms in total. The van der Waals surface area contributed by atoms with E-state index >= 15 is 0 Å². The van der Waals surface area contributed by atoms with Crippen LogP contribution in [0.2, 0.25) is 10.0 Å². The number of carbonyl (C=O) groups is 1. The number of aromatic nitrogens is 3. The number of carbonyl (C=O) groups excluding carboxylic acids is 1. The van der Waals surface area contributed by atoms with Crippen LogP contribution in [0.5, 0.6) is 0 Å². The van der Waals surface area contributed by atoms with Crippen molar-refractivity contribution in [3.63, 3.8) is 0 Å². The van der Waals surface area contributed by atoms with Gasteiger partial charge in [-0.2, -0.15) is 4.80 Å². The fourth-order valence-electron chi connectivity index (χ4n) is 3.31. The second-order valence-electron chi connectivity index (χ2n) is 7.25. The van der Waals surface area contributed by atoms with E-state index in [9.17, 15) is 4.79 Å². The number of fused-ring (bicyclic) bond motifs is 1. The largest absolute Gasteiger partial charge is 0.451 e. The zero-order valence-electron chi connectivity index (χ0n) is 16.8. The minimum absolute atomic E-state index is 0.208. The van der Waals surface area contributed by atoms with Crippen molar-refractivity contribution in [2.45, 2.75) is 6.92 Å². The lowest BCUT2D eigenvalue weighted by atomic mass is 10.1. The van der Waals surface area contributed by atoms with Crippen LogP contribution in [0, 0.1) is 6.92 Å². The van der Waals surface area contributed by atoms with Crippen molar-refractivity contribution in [3.8, 4) is 17.0 Å². The maximum atomic E-state index is 12.8. The van der Waals surface area contributed by atoms with Crippen LogP contribution in [0.3, 0.4) is 0 Å². The number of hydrogen-bond donors (Lipinski definition) is 1. The molecule has 5 aromatic rings. The van der Waals surface area contributed by atoms with Crippen LogP contribution in [-0.4, -0.2) is 20.9 Å². The van der Waals surface area contributed by atoms with E-state index in [2.05, 4.69) is 15.5 Å². The molecular formula is C24H16Cl2N4O2. The molecule has 0 bridgehead atoms. The summed E-state index contributed by atoms with van der Waals surface area (Å²) < 4.78 is 5.74. The van der Waals surface area contributed by atoms with Crippen LogP contribution in [-0.2, 0) is 0 Å². The van der Waals surface area contributed by atoms with Crippen molar-refractivity contribution in [2.75, 3.05) is 5.32 Å². The van der Waals surface area contributed by atoms with E-state index in [0.29, 0.717) is 27.0 Å². The monoisotopic (exact) mass is 462 g/mol. The topological polar surface area (TPSA) is 73.0 Å². The molecule has 0 atom stereocenters. The van der Waals surface area contributed by atoms with E-state index in [1.807, 2.05) is 37.3 Å². The summed E-state index contributed by atoms with van der Waals surface area (Å²) in [5.41, 5.74) is 4.50. The first-order chi connectivity index (χ1) is 15.5. The number of furan rings is 1. The van der Waals surface area contributed by atoms with E-state index in [-0.39, 0.29) is 11.7 Å². The minimum atomic E-state index is -0.349. The molecule has 0 spiro atoms. The van der Waals surface area contributed by atoms with Crippen LogP contribution in [0.1, 0.15) is 16.1 Å². The van der Waals surface area contributed by atoms with Gasteiger partial charge >= 0.3 is 0 Å². The lowest BCUT2D eigenvalue weighted by molar-refractivity contribution is 0.0997. The highest BCUT2D eigenvalue weighted by Gasteiger charge is 2.15. The molecule has 0 radical (unpaired) electrons. The summed E-state index contributed by atoms with van der Waals surface area (Å²) in [7, 11) is 0. The third kappa shape index (κ3) is 3.98. The van der Waals surface area contributed by atoms with E-state index in [4.69, 9.17) is 27.6 Å². The molecule has 5 rings (SSSR count). The molecule has 0 saturated carbocycles. The smallest absolute Gasteiger partial charge is 0.291 e. The van der Waals surface area contributed by atoms with Gasteiger partial charge in [0.15, 0.2) is 5.76 Å². The van der Waals surface area contributed by atoms with Crippen molar-refractivity contribution >= 4 is 45.8 Å². The Morgan fingerprint density at radius 3 is 2.19 bits per heavy atom. The van der Waals surface area contributed by atoms with Gasteiger partial charge in [-0.3, -0.25) is 4.79 Å². The van der Waals surface area contributed by atoms with Gasteiger partial charge in [0.1, 0.15) is 16.8 Å². The van der Waals surface area contributed by atoms with E-state index in [0.717, 1.165) is 22.3 Å². The zero-order chi connectivity index (χ0) is 22.2. The summed E-state index contributed by atoms with van der Waals surface area (Å²) in [6, 6.07) is 21.5. The van der Waals surface area contributed by atoms with E-state index < -0.39 is 0 Å². The van der Waals surface area contributed by atoms with Gasteiger partial charge in [-0.15, -0.1) is 10.2 Å². The van der Waals surface area contributed by atoms with Gasteiger partial charge < -0.3 is 9.73 Å². The van der Waals surface area contributed by atoms with E-state index in [1.54, 1.807) is 42.5 Å². The van der Waals surface area contributed by atoms with Gasteiger partial charge in [0.2, 0.25) is 0 Å². The average Bonchev–Trinajstić information content (AvgIpc) is 3.42. The molecule has 2 aromatic heterocycles. The van der Waals surface area contributed by atoms with Crippen LogP contribution in [0.25, 0.3) is 28.0 Å². The summed E-state index contributed by atoms with van der Waals surface area (Å²) in [5, 5.41) is 13.2. The lowest BCUT2D eigenvalue weighted by Crippen LogP contribution is -2.11. The lowest BCUT2D eigenvalue weighted by Gasteiger charge is -2.06. The fourth-order valence-corrected chi connectivity index (χ4v) is 3.56. The number of halogens is 2. The second-order valence-corrected chi connectivity index (χ2v) is 8.12. The Morgan fingerprint density at radius 1 is 0.875 bits per heavy atom. The molecule has 0 fully saturated rings. The van der Waals surface area contributed by atoms with E-state index in [1.165, 1.54) is 4.80 Å². The number of amides is 1. The molecule has 3 aromatic carbocycles. The minimum Gasteiger partial charge on any atom is -0.451 e. The van der Waals surface area contributed by atoms with Crippen molar-refractivity contribution in [2.24, 2.45) is 0 Å². The Hall–Kier alpha value is -3.61. The summed E-state index contributed by atoms with van der Waals surface area (Å²) in [5.74, 6) is 0.446. The standard InChI is InChI=1S/C24H16Cl2N4O2/c1-14-12-20-21(29-30(28-20)18-8-6-17(26)7-9-18)13-19(14)27-24(31)23-11-10-22(32-23)15-2-4-16(25)5-3-15/h2-13H,1H3,(H,27,31). The first kappa shape index (κ1) is 20.3. The molecular weight excluding hydrogens is 447 g/mol. The number of nitrogens with zero attached hydrogens (tertiary/aromatic N) is 3. The van der Waals surface area contributed by atoms with Gasteiger partial charge in [0.25, 0.3) is 5.91 Å². The third-order valence-corrected chi connectivity index (χ3v) is 5.49. The number of hydrogen-bond acceptors (Lipinski definition) is 4. The Morgan fingerprint density at radius 2 is 1.50 bits per heavy atom. The molecule has 0 aliphatic rings. The fraction of sp³-hybridized carbons (Fsp3) is 0.0417. The molecule has 158 valence electrons. The van der Waals surface area contributed by atoms with Gasteiger partial charge in [0, 0.05) is 21.3 Å². The molecule has 0 saturated heterocycles. The highest BCUT2D eigenvalue weighted by Crippen LogP contribution is 2.26. The quantitative estimate of drug-likeness (QED) is 0.328. The molecule has 1 amide bonds. The Bertz CT molecular complexity index is 1440. The molecule has 0 unspecified atom stereocenters. The van der Waals surface area contributed by atoms with Crippen molar-refractivity contribution in [1.29, 1.82) is 0 Å². The Balaban J connectivity index is 1.40. The Kier molecular flexibility index (Phi) is 5.17. The van der Waals surface area contributed by atoms with Gasteiger partial charge in [-0.1, -0.05) is 23.2 Å². The van der Waals surface area contributed by atoms with Gasteiger partial charge in [-0.25, -0.2) is 0 Å². The van der Waals surface area contributed by atoms with Crippen molar-refractivity contribution in [3.05, 3.63) is 94.2 Å². The average molecular weight is 463 g/mol. The SMILES string of the molecule is Cc1cc2nn(-c3ccc(Cl)cc3)nc2cc1NC(=O)c1ccc(-c2ccc(Cl)cc2)o1. The van der Waals surface area contributed by atoms with Gasteiger partial charge in [-0.05, 0) is 85.3 Å². The predicted molar refractivity (Wildman–Crippen MR) is 126 cm³/mol. The number of benzene rings is 3. The third-order valence-electron chi connectivity index (χ3n) is 4.99. The summed E-state index contributed by atoms with van der Waals surface area (Å²) in [6.07, 6.45) is 0. The Labute approximate surface area is 193 Å². The van der Waals surface area contributed by atoms with Gasteiger partial charge in [0.05, 0.1) is 5.69 Å². The molecule has 1 N–H and O–H groups in total. The first-order valence-electron chi connectivity index (χ1n) is 9.77. The summed E-state index contributed by atoms with van der Waals surface area (Å²) in [6.45, 7) is 1.90. The van der Waals surface area contributed by atoms with Crippen LogP contribution < -0.4 is 5.32 Å². The highest BCUT2D eigenvalue weighted by molar-refractivity contribution is 6.30. The number of nitrogens with one attached hydrogen (secondary N) is 1. The molecule has 0 aliphatic carbocycles. The molecule has 32 heavy (non-hydrogen) atoms. The van der Waals surface area contributed by atoms with Crippen LogP contribution in [0.15, 0.2) is 77.2 Å². The van der Waals surface area contributed by atoms with Crippen molar-refractivity contribution in [1.82, 2.24) is 15.0 Å². The second kappa shape index (κ2) is 8.15.